The lowest BCUT2D eigenvalue weighted by Crippen LogP contribution is -2.61. The van der Waals surface area contributed by atoms with Crippen LogP contribution < -0.4 is 5.73 Å². The number of rotatable bonds is 4. The van der Waals surface area contributed by atoms with E-state index < -0.39 is 18.0 Å². The van der Waals surface area contributed by atoms with Crippen molar-refractivity contribution in [2.24, 2.45) is 10.7 Å². The highest BCUT2D eigenvalue weighted by atomic mass is 32.2. The Morgan fingerprint density at radius 3 is 2.50 bits per heavy atom. The normalized spacial score (nSPS) is 19.8. The van der Waals surface area contributed by atoms with Gasteiger partial charge in [-0.05, 0) is 29.2 Å². The Morgan fingerprint density at radius 1 is 1.23 bits per heavy atom. The first-order chi connectivity index (χ1) is 12.3. The van der Waals surface area contributed by atoms with E-state index in [9.17, 15) is 14.4 Å². The zero-order valence-electron chi connectivity index (χ0n) is 14.8. The van der Waals surface area contributed by atoms with E-state index in [0.717, 1.165) is 16.0 Å². The minimum Gasteiger partial charge on any atom is -0.369 e. The maximum absolute atomic E-state index is 12.7. The van der Waals surface area contributed by atoms with Gasteiger partial charge < -0.3 is 5.73 Å². The molecule has 1 saturated heterocycles. The number of amidine groups is 2. The molecule has 2 N–H and O–H groups in total. The second-order valence-electron chi connectivity index (χ2n) is 6.26. The van der Waals surface area contributed by atoms with Crippen LogP contribution in [0, 0.1) is 6.92 Å². The van der Waals surface area contributed by atoms with Crippen molar-refractivity contribution < 1.29 is 19.0 Å². The summed E-state index contributed by atoms with van der Waals surface area (Å²) in [6.07, 6.45) is 0. The lowest BCUT2D eigenvalue weighted by atomic mass is 10.1. The number of carbonyl (C=O) groups is 3. The molecule has 9 heteroatoms. The molecule has 0 spiro atoms. The fraction of sp³-hybridized carbons (Fsp3) is 0.353. The van der Waals surface area contributed by atoms with Crippen LogP contribution in [0.15, 0.2) is 29.3 Å². The average Bonchev–Trinajstić information content (AvgIpc) is 2.96. The van der Waals surface area contributed by atoms with Crippen molar-refractivity contribution in [2.45, 2.75) is 19.5 Å². The van der Waals surface area contributed by atoms with Crippen molar-refractivity contribution in [3.63, 3.8) is 0 Å². The Balaban J connectivity index is 1.99. The van der Waals surface area contributed by atoms with Crippen LogP contribution in [0.1, 0.15) is 11.1 Å². The van der Waals surface area contributed by atoms with Crippen LogP contribution in [-0.4, -0.2) is 69.1 Å². The van der Waals surface area contributed by atoms with E-state index in [1.807, 2.05) is 35.8 Å². The molecule has 3 rings (SSSR count). The first kappa shape index (κ1) is 18.1. The molecule has 4 amide bonds. The maximum atomic E-state index is 12.7. The third-order valence-electron chi connectivity index (χ3n) is 4.31. The number of hydrogen-bond acceptors (Lipinski definition) is 5. The van der Waals surface area contributed by atoms with Crippen LogP contribution in [0.5, 0.6) is 0 Å². The van der Waals surface area contributed by atoms with E-state index in [1.54, 1.807) is 7.05 Å². The van der Waals surface area contributed by atoms with Gasteiger partial charge in [-0.3, -0.25) is 19.4 Å². The topological polar surface area (TPSA) is 99.1 Å². The van der Waals surface area contributed by atoms with Gasteiger partial charge in [-0.1, -0.05) is 29.8 Å². The van der Waals surface area contributed by atoms with Gasteiger partial charge in [0, 0.05) is 14.1 Å². The molecule has 2 aliphatic rings. The maximum Gasteiger partial charge on any atom is 0.358 e. The zero-order valence-corrected chi connectivity index (χ0v) is 15.6. The number of likely N-dealkylation sites (N-methyl/N-ethyl adjacent to an activating group) is 2. The number of hydrogen-bond donors (Lipinski definition) is 1. The van der Waals surface area contributed by atoms with Gasteiger partial charge in [-0.25, -0.2) is 9.37 Å². The molecular formula is C17H20N5O3S+. The largest absolute Gasteiger partial charge is 0.369 e. The molecule has 2 aliphatic heterocycles. The van der Waals surface area contributed by atoms with Gasteiger partial charge in [0.05, 0.1) is 5.75 Å². The Hall–Kier alpha value is -2.68. The van der Waals surface area contributed by atoms with E-state index in [4.69, 9.17) is 5.73 Å². The Labute approximate surface area is 155 Å². The van der Waals surface area contributed by atoms with Crippen molar-refractivity contribution in [1.82, 2.24) is 9.80 Å². The molecule has 1 atom stereocenters. The van der Waals surface area contributed by atoms with Crippen LogP contribution in [-0.2, 0) is 16.1 Å². The van der Waals surface area contributed by atoms with Gasteiger partial charge in [0.1, 0.15) is 6.54 Å². The number of carbonyl (C=O) groups excluding carboxylic acids is 3. The summed E-state index contributed by atoms with van der Waals surface area (Å²) in [6, 6.07) is 6.83. The highest BCUT2D eigenvalue weighted by Crippen LogP contribution is 2.24. The van der Waals surface area contributed by atoms with E-state index >= 15 is 0 Å². The monoisotopic (exact) mass is 374 g/mol. The van der Waals surface area contributed by atoms with Crippen LogP contribution in [0.3, 0.4) is 0 Å². The molecular weight excluding hydrogens is 354 g/mol. The molecule has 0 saturated carbocycles. The second-order valence-corrected chi connectivity index (χ2v) is 7.20. The molecule has 26 heavy (non-hydrogen) atoms. The van der Waals surface area contributed by atoms with Crippen molar-refractivity contribution >= 4 is 40.6 Å². The Bertz CT molecular complexity index is 846. The highest BCUT2D eigenvalue weighted by Gasteiger charge is 2.53. The number of urea groups is 1. The van der Waals surface area contributed by atoms with Crippen LogP contribution in [0.4, 0.5) is 4.79 Å². The minimum atomic E-state index is -0.695. The summed E-state index contributed by atoms with van der Waals surface area (Å²) in [6.45, 7) is 2.43. The Morgan fingerprint density at radius 2 is 1.88 bits per heavy atom. The number of fused-ring (bicyclic) bond motifs is 1. The lowest BCUT2D eigenvalue weighted by molar-refractivity contribution is -0.548. The van der Waals surface area contributed by atoms with E-state index in [-0.39, 0.29) is 11.7 Å². The molecule has 0 bridgehead atoms. The average molecular weight is 374 g/mol. The van der Waals surface area contributed by atoms with Crippen molar-refractivity contribution in [1.29, 1.82) is 0 Å². The molecule has 0 aliphatic carbocycles. The number of amides is 4. The number of aliphatic imine (C=N–C) groups is 1. The summed E-state index contributed by atoms with van der Waals surface area (Å²) in [4.78, 5) is 43.0. The smallest absolute Gasteiger partial charge is 0.358 e. The number of imide groups is 1. The van der Waals surface area contributed by atoms with E-state index in [2.05, 4.69) is 4.99 Å². The third-order valence-corrected chi connectivity index (χ3v) is 5.32. The zero-order chi connectivity index (χ0) is 19.0. The van der Waals surface area contributed by atoms with Crippen LogP contribution in [0.2, 0.25) is 0 Å². The molecule has 136 valence electrons. The summed E-state index contributed by atoms with van der Waals surface area (Å²) >= 11 is 1.17. The van der Waals surface area contributed by atoms with Gasteiger partial charge in [0.15, 0.2) is 0 Å². The van der Waals surface area contributed by atoms with Crippen LogP contribution >= 0.6 is 11.8 Å². The number of primary amides is 1. The van der Waals surface area contributed by atoms with Gasteiger partial charge >= 0.3 is 11.2 Å². The first-order valence-corrected chi connectivity index (χ1v) is 9.02. The summed E-state index contributed by atoms with van der Waals surface area (Å²) in [5.41, 5.74) is 7.39. The predicted molar refractivity (Wildman–Crippen MR) is 99.0 cm³/mol. The number of nitrogens with two attached hydrogens (primary N) is 1. The third kappa shape index (κ3) is 3.22. The molecule has 1 fully saturated rings. The van der Waals surface area contributed by atoms with Gasteiger partial charge in [0.25, 0.3) is 17.8 Å². The SMILES string of the molecule is Cc1ccc(C[N+]2=C(SCC(N)=O)N=C3C2C(=O)N(C)C(=O)N3C)cc1. The highest BCUT2D eigenvalue weighted by molar-refractivity contribution is 8.14. The van der Waals surface area contributed by atoms with Crippen molar-refractivity contribution in [3.8, 4) is 0 Å². The first-order valence-electron chi connectivity index (χ1n) is 8.03. The lowest BCUT2D eigenvalue weighted by Gasteiger charge is -2.30. The minimum absolute atomic E-state index is 0.0465. The van der Waals surface area contributed by atoms with Gasteiger partial charge in [0.2, 0.25) is 5.91 Å². The molecule has 0 aromatic heterocycles. The van der Waals surface area contributed by atoms with Crippen LogP contribution in [0.25, 0.3) is 0 Å². The second kappa shape index (κ2) is 6.91. The Kier molecular flexibility index (Phi) is 4.82. The number of benzene rings is 1. The summed E-state index contributed by atoms with van der Waals surface area (Å²) in [5, 5.41) is 0.507. The van der Waals surface area contributed by atoms with Crippen molar-refractivity contribution in [3.05, 3.63) is 35.4 Å². The predicted octanol–water partition coefficient (Wildman–Crippen LogP) is 0.387. The fourth-order valence-corrected chi connectivity index (χ4v) is 3.64. The van der Waals surface area contributed by atoms with Crippen molar-refractivity contribution in [2.75, 3.05) is 19.8 Å². The molecule has 1 aromatic rings. The molecule has 2 heterocycles. The van der Waals surface area contributed by atoms with Gasteiger partial charge in [-0.2, -0.15) is 0 Å². The van der Waals surface area contributed by atoms with E-state index in [0.29, 0.717) is 17.5 Å². The number of nitrogens with zero attached hydrogens (tertiary/aromatic N) is 4. The number of thioether (sulfide) groups is 1. The molecule has 1 aromatic carbocycles. The molecule has 0 radical (unpaired) electrons. The molecule has 1 unspecified atom stereocenters. The standard InChI is InChI=1S/C17H19N5O3S/c1-10-4-6-11(7-5-10)8-22-13-14(19-16(22)26-9-12(18)23)20(2)17(25)21(3)15(13)24/h4-7,13H,8-9H2,1-3H3,(H-,18,23)/p+1. The fourth-order valence-electron chi connectivity index (χ4n) is 2.88. The summed E-state index contributed by atoms with van der Waals surface area (Å²) < 4.78 is 1.81. The number of aryl methyl sites for hydroxylation is 1. The molecule has 8 nitrogen and oxygen atoms in total. The summed E-state index contributed by atoms with van der Waals surface area (Å²) in [7, 11) is 3.04. The summed E-state index contributed by atoms with van der Waals surface area (Å²) in [5.74, 6) is -0.392. The van der Waals surface area contributed by atoms with Gasteiger partial charge in [-0.15, -0.1) is 0 Å². The van der Waals surface area contributed by atoms with E-state index in [1.165, 1.54) is 23.7 Å². The quantitative estimate of drug-likeness (QED) is 0.771.